The second-order valence-corrected chi connectivity index (χ2v) is 5.42. The van der Waals surface area contributed by atoms with Crippen LogP contribution in [0, 0.1) is 11.6 Å². The van der Waals surface area contributed by atoms with Crippen molar-refractivity contribution in [1.82, 2.24) is 19.4 Å². The van der Waals surface area contributed by atoms with Gasteiger partial charge >= 0.3 is 0 Å². The Morgan fingerprint density at radius 1 is 0.920 bits per heavy atom. The first-order valence-electron chi connectivity index (χ1n) is 7.50. The van der Waals surface area contributed by atoms with Gasteiger partial charge in [-0.3, -0.25) is 9.38 Å². The second-order valence-electron chi connectivity index (χ2n) is 5.42. The fraction of sp³-hybridized carbons (Fsp3) is 0.0556. The van der Waals surface area contributed by atoms with Gasteiger partial charge in [0.2, 0.25) is 5.78 Å². The standard InChI is InChI=1S/C18H12F2N4O/c19-14-3-1-12(2-4-14)13-6-22-18-23-16(10-24(18)9-13)11-25-17-5-15(20)7-21-8-17/h1-10H,11H2. The number of benzene rings is 1. The zero-order chi connectivity index (χ0) is 17.2. The molecule has 0 unspecified atom stereocenters. The molecular formula is C18H12F2N4O. The van der Waals surface area contributed by atoms with E-state index in [2.05, 4.69) is 15.0 Å². The lowest BCUT2D eigenvalue weighted by molar-refractivity contribution is 0.299. The summed E-state index contributed by atoms with van der Waals surface area (Å²) in [6.07, 6.45) is 7.86. The Bertz CT molecular complexity index is 1030. The number of hydrogen-bond donors (Lipinski definition) is 0. The molecule has 0 saturated carbocycles. The normalized spacial score (nSPS) is 11.0. The van der Waals surface area contributed by atoms with Gasteiger partial charge in [0.15, 0.2) is 0 Å². The molecule has 0 atom stereocenters. The van der Waals surface area contributed by atoms with E-state index in [0.717, 1.165) is 17.3 Å². The molecule has 0 radical (unpaired) electrons. The van der Waals surface area contributed by atoms with Gasteiger partial charge in [-0.2, -0.15) is 0 Å². The van der Waals surface area contributed by atoms with Crippen molar-refractivity contribution < 1.29 is 13.5 Å². The number of nitrogens with zero attached hydrogens (tertiary/aromatic N) is 4. The number of fused-ring (bicyclic) bond motifs is 1. The van der Waals surface area contributed by atoms with Crippen LogP contribution in [0.25, 0.3) is 16.9 Å². The average molecular weight is 338 g/mol. The number of ether oxygens (including phenoxy) is 1. The van der Waals surface area contributed by atoms with E-state index in [9.17, 15) is 8.78 Å². The maximum atomic E-state index is 13.1. The zero-order valence-electron chi connectivity index (χ0n) is 12.9. The Labute approximate surface area is 141 Å². The summed E-state index contributed by atoms with van der Waals surface area (Å²) in [6.45, 7) is 0.167. The zero-order valence-corrected chi connectivity index (χ0v) is 12.9. The molecule has 4 aromatic rings. The minimum atomic E-state index is -0.460. The second kappa shape index (κ2) is 6.27. The van der Waals surface area contributed by atoms with E-state index < -0.39 is 5.82 Å². The molecule has 5 nitrogen and oxygen atoms in total. The monoisotopic (exact) mass is 338 g/mol. The van der Waals surface area contributed by atoms with Crippen LogP contribution in [0.4, 0.5) is 8.78 Å². The van der Waals surface area contributed by atoms with Crippen molar-refractivity contribution in [3.05, 3.63) is 78.6 Å². The lowest BCUT2D eigenvalue weighted by atomic mass is 10.1. The van der Waals surface area contributed by atoms with E-state index in [0.29, 0.717) is 17.2 Å². The summed E-state index contributed by atoms with van der Waals surface area (Å²) < 4.78 is 33.4. The highest BCUT2D eigenvalue weighted by atomic mass is 19.1. The predicted octanol–water partition coefficient (Wildman–Crippen LogP) is 3.65. The average Bonchev–Trinajstić information content (AvgIpc) is 3.03. The molecular weight excluding hydrogens is 326 g/mol. The fourth-order valence-electron chi connectivity index (χ4n) is 2.42. The van der Waals surface area contributed by atoms with Crippen LogP contribution < -0.4 is 4.74 Å². The minimum Gasteiger partial charge on any atom is -0.486 e. The van der Waals surface area contributed by atoms with Gasteiger partial charge in [0.25, 0.3) is 0 Å². The van der Waals surface area contributed by atoms with Crippen LogP contribution in [0.15, 0.2) is 61.3 Å². The van der Waals surface area contributed by atoms with E-state index in [-0.39, 0.29) is 12.4 Å². The van der Waals surface area contributed by atoms with Crippen molar-refractivity contribution in [3.8, 4) is 16.9 Å². The molecule has 0 aliphatic rings. The first kappa shape index (κ1) is 15.2. The van der Waals surface area contributed by atoms with Crippen molar-refractivity contribution >= 4 is 5.78 Å². The third-order valence-electron chi connectivity index (χ3n) is 3.60. The topological polar surface area (TPSA) is 52.3 Å². The highest BCUT2D eigenvalue weighted by molar-refractivity contribution is 5.62. The van der Waals surface area contributed by atoms with Gasteiger partial charge in [0.1, 0.15) is 24.0 Å². The molecule has 3 heterocycles. The maximum absolute atomic E-state index is 13.1. The Hall–Kier alpha value is -3.35. The van der Waals surface area contributed by atoms with Crippen molar-refractivity contribution in [3.63, 3.8) is 0 Å². The Balaban J connectivity index is 1.56. The van der Waals surface area contributed by atoms with Crippen molar-refractivity contribution in [2.75, 3.05) is 0 Å². The molecule has 0 fully saturated rings. The highest BCUT2D eigenvalue weighted by Gasteiger charge is 2.07. The molecule has 0 saturated heterocycles. The summed E-state index contributed by atoms with van der Waals surface area (Å²) in [7, 11) is 0. The summed E-state index contributed by atoms with van der Waals surface area (Å²) in [5.41, 5.74) is 2.34. The van der Waals surface area contributed by atoms with Gasteiger partial charge in [0, 0.05) is 30.2 Å². The molecule has 0 aliphatic heterocycles. The Morgan fingerprint density at radius 2 is 1.76 bits per heavy atom. The van der Waals surface area contributed by atoms with Gasteiger partial charge in [-0.25, -0.2) is 18.7 Å². The molecule has 4 rings (SSSR count). The van der Waals surface area contributed by atoms with Crippen molar-refractivity contribution in [2.24, 2.45) is 0 Å². The van der Waals surface area contributed by atoms with Gasteiger partial charge < -0.3 is 4.74 Å². The Morgan fingerprint density at radius 3 is 2.56 bits per heavy atom. The minimum absolute atomic E-state index is 0.167. The van der Waals surface area contributed by atoms with Crippen molar-refractivity contribution in [1.29, 1.82) is 0 Å². The summed E-state index contributed by atoms with van der Waals surface area (Å²) in [6, 6.07) is 7.44. The van der Waals surface area contributed by atoms with E-state index in [1.165, 1.54) is 24.4 Å². The summed E-state index contributed by atoms with van der Waals surface area (Å²) in [5, 5.41) is 0. The smallest absolute Gasteiger partial charge is 0.234 e. The molecule has 3 aromatic heterocycles. The van der Waals surface area contributed by atoms with Crippen LogP contribution in [0.5, 0.6) is 5.75 Å². The molecule has 0 bridgehead atoms. The van der Waals surface area contributed by atoms with Crippen LogP contribution in [0.1, 0.15) is 5.69 Å². The summed E-state index contributed by atoms with van der Waals surface area (Å²) in [5.74, 6) is 0.101. The number of rotatable bonds is 4. The summed E-state index contributed by atoms with van der Waals surface area (Å²) >= 11 is 0. The highest BCUT2D eigenvalue weighted by Crippen LogP contribution is 2.19. The van der Waals surface area contributed by atoms with Gasteiger partial charge in [-0.1, -0.05) is 12.1 Å². The molecule has 0 aliphatic carbocycles. The van der Waals surface area contributed by atoms with Crippen LogP contribution >= 0.6 is 0 Å². The number of halogens is 2. The third-order valence-corrected chi connectivity index (χ3v) is 3.60. The molecule has 0 amide bonds. The van der Waals surface area contributed by atoms with Crippen LogP contribution in [-0.2, 0) is 6.61 Å². The van der Waals surface area contributed by atoms with Gasteiger partial charge in [-0.05, 0) is 17.7 Å². The number of aromatic nitrogens is 4. The van der Waals surface area contributed by atoms with Crippen LogP contribution in [-0.4, -0.2) is 19.4 Å². The Kier molecular flexibility index (Phi) is 3.81. The first-order chi connectivity index (χ1) is 12.2. The molecule has 124 valence electrons. The third kappa shape index (κ3) is 3.30. The largest absolute Gasteiger partial charge is 0.486 e. The van der Waals surface area contributed by atoms with Crippen molar-refractivity contribution in [2.45, 2.75) is 6.61 Å². The predicted molar refractivity (Wildman–Crippen MR) is 86.9 cm³/mol. The molecule has 7 heteroatoms. The molecule has 0 N–H and O–H groups in total. The molecule has 0 spiro atoms. The first-order valence-corrected chi connectivity index (χ1v) is 7.50. The van der Waals surface area contributed by atoms with Gasteiger partial charge in [0.05, 0.1) is 18.1 Å². The van der Waals surface area contributed by atoms with E-state index >= 15 is 0 Å². The van der Waals surface area contributed by atoms with Crippen LogP contribution in [0.2, 0.25) is 0 Å². The number of imidazole rings is 1. The maximum Gasteiger partial charge on any atom is 0.234 e. The SMILES string of the molecule is Fc1ccc(-c2cnc3nc(COc4cncc(F)c4)cn3c2)cc1. The molecule has 25 heavy (non-hydrogen) atoms. The quantitative estimate of drug-likeness (QED) is 0.570. The van der Waals surface area contributed by atoms with Crippen LogP contribution in [0.3, 0.4) is 0 Å². The van der Waals surface area contributed by atoms with E-state index in [1.54, 1.807) is 28.9 Å². The van der Waals surface area contributed by atoms with Gasteiger partial charge in [-0.15, -0.1) is 0 Å². The van der Waals surface area contributed by atoms with E-state index in [4.69, 9.17) is 4.74 Å². The lowest BCUT2D eigenvalue weighted by Crippen LogP contribution is -1.96. The summed E-state index contributed by atoms with van der Waals surface area (Å²) in [4.78, 5) is 12.4. The lowest BCUT2D eigenvalue weighted by Gasteiger charge is -2.02. The number of pyridine rings is 1. The molecule has 1 aromatic carbocycles. The number of hydrogen-bond acceptors (Lipinski definition) is 4. The van der Waals surface area contributed by atoms with E-state index in [1.807, 2.05) is 6.20 Å². The fourth-order valence-corrected chi connectivity index (χ4v) is 2.42.